The lowest BCUT2D eigenvalue weighted by Gasteiger charge is -2.19. The van der Waals surface area contributed by atoms with Crippen molar-refractivity contribution in [1.29, 1.82) is 5.26 Å². The maximum absolute atomic E-state index is 10.1. The van der Waals surface area contributed by atoms with Gasteiger partial charge in [-0.15, -0.1) is 0 Å². The van der Waals surface area contributed by atoms with Gasteiger partial charge in [0.25, 0.3) is 0 Å². The zero-order chi connectivity index (χ0) is 26.0. The second-order valence-electron chi connectivity index (χ2n) is 9.55. The number of anilines is 1. The number of methoxy groups -OCH3 is 1. The topological polar surface area (TPSA) is 118 Å². The van der Waals surface area contributed by atoms with Crippen molar-refractivity contribution in [3.8, 4) is 34.7 Å². The summed E-state index contributed by atoms with van der Waals surface area (Å²) in [6.45, 7) is 4.98. The van der Waals surface area contributed by atoms with E-state index in [0.717, 1.165) is 29.9 Å². The first kappa shape index (κ1) is 24.3. The van der Waals surface area contributed by atoms with Gasteiger partial charge >= 0.3 is 0 Å². The number of ether oxygens (including phenoxy) is 3. The van der Waals surface area contributed by atoms with Crippen LogP contribution in [0, 0.1) is 11.3 Å². The summed E-state index contributed by atoms with van der Waals surface area (Å²) < 4.78 is 18.7. The lowest BCUT2D eigenvalue weighted by molar-refractivity contribution is 0.0283. The predicted octanol–water partition coefficient (Wildman–Crippen LogP) is 3.48. The van der Waals surface area contributed by atoms with E-state index >= 15 is 0 Å². The number of fused-ring (bicyclic) bond motifs is 1. The summed E-state index contributed by atoms with van der Waals surface area (Å²) in [5.74, 6) is 2.44. The fourth-order valence-electron chi connectivity index (χ4n) is 4.25. The lowest BCUT2D eigenvalue weighted by atomic mass is 10.1. The number of hydrogen-bond donors (Lipinski definition) is 1. The third-order valence-electron chi connectivity index (χ3n) is 6.02. The quantitative estimate of drug-likeness (QED) is 0.388. The molecule has 0 radical (unpaired) electrons. The Hall–Kier alpha value is -4.36. The van der Waals surface area contributed by atoms with Gasteiger partial charge in [0.1, 0.15) is 30.3 Å². The molecule has 1 unspecified atom stereocenters. The van der Waals surface area contributed by atoms with E-state index < -0.39 is 5.60 Å². The molecular weight excluding hydrogens is 472 g/mol. The van der Waals surface area contributed by atoms with Crippen LogP contribution in [0.5, 0.6) is 17.5 Å². The number of aliphatic hydroxyl groups is 1. The van der Waals surface area contributed by atoms with Crippen molar-refractivity contribution < 1.29 is 19.3 Å². The molecule has 1 saturated heterocycles. The van der Waals surface area contributed by atoms with Crippen LogP contribution in [0.2, 0.25) is 0 Å². The summed E-state index contributed by atoms with van der Waals surface area (Å²) in [5.41, 5.74) is 1.74. The minimum atomic E-state index is -0.986. The number of hydrogen-bond acceptors (Lipinski definition) is 9. The van der Waals surface area contributed by atoms with Crippen molar-refractivity contribution in [1.82, 2.24) is 19.6 Å². The van der Waals surface area contributed by atoms with E-state index in [1.807, 2.05) is 30.3 Å². The highest BCUT2D eigenvalue weighted by molar-refractivity contribution is 5.85. The van der Waals surface area contributed by atoms with Gasteiger partial charge in [-0.05, 0) is 32.0 Å². The summed E-state index contributed by atoms with van der Waals surface area (Å²) in [7, 11) is 1.58. The van der Waals surface area contributed by atoms with Crippen LogP contribution in [0.3, 0.4) is 0 Å². The minimum absolute atomic E-state index is 0.00436. The van der Waals surface area contributed by atoms with Crippen molar-refractivity contribution in [2.45, 2.75) is 32.0 Å². The highest BCUT2D eigenvalue weighted by Gasteiger charge is 2.26. The third kappa shape index (κ3) is 5.42. The molecule has 190 valence electrons. The van der Waals surface area contributed by atoms with Crippen molar-refractivity contribution >= 4 is 11.3 Å². The van der Waals surface area contributed by atoms with Crippen LogP contribution >= 0.6 is 0 Å². The van der Waals surface area contributed by atoms with Crippen LogP contribution in [0.1, 0.15) is 25.8 Å². The summed E-state index contributed by atoms with van der Waals surface area (Å²) in [6, 6.07) is 13.5. The first-order valence-electron chi connectivity index (χ1n) is 12.0. The van der Waals surface area contributed by atoms with Crippen LogP contribution in [0.25, 0.3) is 16.6 Å². The first-order valence-corrected chi connectivity index (χ1v) is 12.0. The van der Waals surface area contributed by atoms with E-state index in [0.29, 0.717) is 35.1 Å². The van der Waals surface area contributed by atoms with Gasteiger partial charge in [-0.3, -0.25) is 0 Å². The average molecular weight is 501 g/mol. The Morgan fingerprint density at radius 3 is 2.76 bits per heavy atom. The predicted molar refractivity (Wildman–Crippen MR) is 137 cm³/mol. The Morgan fingerprint density at radius 2 is 2.03 bits per heavy atom. The Morgan fingerprint density at radius 1 is 1.19 bits per heavy atom. The molecule has 0 amide bonds. The van der Waals surface area contributed by atoms with Crippen molar-refractivity contribution in [3.63, 3.8) is 0 Å². The van der Waals surface area contributed by atoms with Crippen LogP contribution in [-0.2, 0) is 0 Å². The number of pyridine rings is 3. The molecule has 10 nitrogen and oxygen atoms in total. The van der Waals surface area contributed by atoms with Gasteiger partial charge in [0.05, 0.1) is 42.7 Å². The van der Waals surface area contributed by atoms with E-state index in [1.54, 1.807) is 43.9 Å². The third-order valence-corrected chi connectivity index (χ3v) is 6.02. The van der Waals surface area contributed by atoms with E-state index in [1.165, 1.54) is 6.20 Å². The van der Waals surface area contributed by atoms with Crippen molar-refractivity contribution in [2.24, 2.45) is 0 Å². The molecule has 10 heteroatoms. The van der Waals surface area contributed by atoms with Crippen molar-refractivity contribution in [2.75, 3.05) is 31.7 Å². The molecule has 0 saturated carbocycles. The molecular formula is C27H28N6O4. The second kappa shape index (κ2) is 9.95. The maximum Gasteiger partial charge on any atom is 0.216 e. The Labute approximate surface area is 214 Å². The minimum Gasteiger partial charge on any atom is -0.489 e. The fourth-order valence-corrected chi connectivity index (χ4v) is 4.25. The van der Waals surface area contributed by atoms with E-state index in [9.17, 15) is 10.4 Å². The molecule has 0 spiro atoms. The number of rotatable bonds is 8. The smallest absolute Gasteiger partial charge is 0.216 e. The van der Waals surface area contributed by atoms with E-state index in [2.05, 4.69) is 21.1 Å². The van der Waals surface area contributed by atoms with Crippen LogP contribution < -0.4 is 19.1 Å². The van der Waals surface area contributed by atoms with Gasteiger partial charge in [-0.25, -0.2) is 9.50 Å². The number of aromatic nitrogens is 4. The number of nitriles is 1. The molecule has 4 aromatic rings. The lowest BCUT2D eigenvalue weighted by Crippen LogP contribution is -2.27. The maximum atomic E-state index is 10.1. The molecule has 37 heavy (non-hydrogen) atoms. The summed E-state index contributed by atoms with van der Waals surface area (Å²) >= 11 is 0. The molecule has 0 aromatic carbocycles. The summed E-state index contributed by atoms with van der Waals surface area (Å²) in [5, 5.41) is 24.0. The molecule has 0 aliphatic carbocycles. The van der Waals surface area contributed by atoms with Crippen LogP contribution in [-0.4, -0.2) is 63.2 Å². The Balaban J connectivity index is 1.36. The normalized spacial score (nSPS) is 15.5. The van der Waals surface area contributed by atoms with Crippen LogP contribution in [0.15, 0.2) is 55.0 Å². The standard InChI is InChI=1S/C27H28N6O4/c1-27(2,34)17-36-21-11-22(26-19(12-28)14-30-33(26)16-21)18-7-8-23(29-13-18)32-10-9-20(15-32)37-25-6-4-5-24(31-25)35-3/h4-8,11,13-14,16,20,34H,9-10,15,17H2,1-3H3. The van der Waals surface area contributed by atoms with Crippen LogP contribution in [0.4, 0.5) is 5.82 Å². The SMILES string of the molecule is COc1cccc(OC2CCN(c3ccc(-c4cc(OCC(C)(C)O)cn5ncc(C#N)c45)cn3)C2)n1. The molecule has 1 aliphatic rings. The highest BCUT2D eigenvalue weighted by Crippen LogP contribution is 2.32. The second-order valence-corrected chi connectivity index (χ2v) is 9.55. The van der Waals surface area contributed by atoms with Gasteiger partial charge in [0, 0.05) is 42.4 Å². The molecule has 5 heterocycles. The van der Waals surface area contributed by atoms with Crippen molar-refractivity contribution in [3.05, 3.63) is 60.6 Å². The van der Waals surface area contributed by atoms with Gasteiger partial charge in [0.2, 0.25) is 11.8 Å². The molecule has 1 atom stereocenters. The zero-order valence-electron chi connectivity index (χ0n) is 21.0. The Bertz CT molecular complexity index is 1440. The van der Waals surface area contributed by atoms with Gasteiger partial charge in [-0.1, -0.05) is 6.07 Å². The summed E-state index contributed by atoms with van der Waals surface area (Å²) in [6.07, 6.45) is 5.87. The molecule has 5 rings (SSSR count). The molecule has 1 fully saturated rings. The van der Waals surface area contributed by atoms with Gasteiger partial charge in [-0.2, -0.15) is 15.3 Å². The average Bonchev–Trinajstić information content (AvgIpc) is 3.54. The highest BCUT2D eigenvalue weighted by atomic mass is 16.5. The Kier molecular flexibility index (Phi) is 6.54. The molecule has 4 aromatic heterocycles. The summed E-state index contributed by atoms with van der Waals surface area (Å²) in [4.78, 5) is 11.2. The monoisotopic (exact) mass is 500 g/mol. The first-order chi connectivity index (χ1) is 17.8. The molecule has 1 aliphatic heterocycles. The largest absolute Gasteiger partial charge is 0.489 e. The van der Waals surface area contributed by atoms with E-state index in [4.69, 9.17) is 19.2 Å². The zero-order valence-corrected chi connectivity index (χ0v) is 21.0. The van der Waals surface area contributed by atoms with Gasteiger partial charge < -0.3 is 24.2 Å². The van der Waals surface area contributed by atoms with E-state index in [-0.39, 0.29) is 12.7 Å². The fraction of sp³-hybridized carbons (Fsp3) is 0.333. The molecule has 0 bridgehead atoms. The number of nitrogens with zero attached hydrogens (tertiary/aromatic N) is 6. The van der Waals surface area contributed by atoms with Gasteiger partial charge in [0.15, 0.2) is 0 Å². The molecule has 1 N–H and O–H groups in total.